The van der Waals surface area contributed by atoms with E-state index in [1.54, 1.807) is 0 Å². The fourth-order valence-electron chi connectivity index (χ4n) is 1.36. The molecule has 0 amide bonds. The Morgan fingerprint density at radius 1 is 1.15 bits per heavy atom. The van der Waals surface area contributed by atoms with Crippen molar-refractivity contribution in [2.45, 2.75) is 33.1 Å². The van der Waals surface area contributed by atoms with Crippen molar-refractivity contribution < 1.29 is 26.5 Å². The molecule has 0 saturated carbocycles. The summed E-state index contributed by atoms with van der Waals surface area (Å²) in [6, 6.07) is 0. The van der Waals surface area contributed by atoms with Crippen LogP contribution >= 0.6 is 0 Å². The van der Waals surface area contributed by atoms with Gasteiger partial charge in [0.2, 0.25) is 0 Å². The van der Waals surface area contributed by atoms with Gasteiger partial charge in [0.05, 0.1) is 34.4 Å². The monoisotopic (exact) mass is 315 g/mol. The number of aliphatic hydroxyl groups excluding tert-OH is 1. The van der Waals surface area contributed by atoms with Gasteiger partial charge in [0.1, 0.15) is 6.54 Å². The molecule has 2 N–H and O–H groups in total. The number of nitrogens with one attached hydrogen (secondary N) is 1. The number of hydrogen-bond donors (Lipinski definition) is 2. The summed E-state index contributed by atoms with van der Waals surface area (Å²) in [6.45, 7) is 7.47. The molecule has 0 fully saturated rings. The summed E-state index contributed by atoms with van der Waals surface area (Å²) in [7, 11) is 0.523. The van der Waals surface area contributed by atoms with E-state index in [9.17, 15) is 8.42 Å². The van der Waals surface area contributed by atoms with Crippen LogP contribution in [-0.4, -0.2) is 65.6 Å². The smallest absolute Gasteiger partial charge is 0.390 e. The van der Waals surface area contributed by atoms with Crippen LogP contribution in [0.15, 0.2) is 0 Å². The van der Waals surface area contributed by atoms with Gasteiger partial charge in [-0.05, 0) is 13.3 Å². The minimum Gasteiger partial charge on any atom is -0.390 e. The normalized spacial score (nSPS) is 14.3. The standard InChI is InChI=1S/C10H25N2O.C2H6O4S/c1-4-6-7-8-11-12(3,5-2)9-10-13;1-5-7(3,4)6-2/h11,13H,4-10H2,1-3H3;1-2H3/q+1;. The largest absolute Gasteiger partial charge is 0.399 e. The summed E-state index contributed by atoms with van der Waals surface area (Å²) in [4.78, 5) is 0. The van der Waals surface area contributed by atoms with Crippen molar-refractivity contribution in [1.82, 2.24) is 5.43 Å². The number of nitrogens with zero attached hydrogens (tertiary/aromatic N) is 1. The Kier molecular flexibility index (Phi) is 13.8. The first-order valence-corrected chi connectivity index (χ1v) is 8.20. The lowest BCUT2D eigenvalue weighted by molar-refractivity contribution is -0.950. The Balaban J connectivity index is 0. The molecule has 0 spiro atoms. The minimum atomic E-state index is -3.66. The highest BCUT2D eigenvalue weighted by molar-refractivity contribution is 7.81. The Bertz CT molecular complexity index is 301. The lowest BCUT2D eigenvalue weighted by atomic mass is 10.2. The molecule has 0 aromatic rings. The van der Waals surface area contributed by atoms with Gasteiger partial charge < -0.3 is 5.11 Å². The zero-order valence-electron chi connectivity index (χ0n) is 13.4. The van der Waals surface area contributed by atoms with Crippen molar-refractivity contribution in [2.75, 3.05) is 47.5 Å². The first-order chi connectivity index (χ1) is 9.30. The maximum atomic E-state index is 9.92. The molecule has 0 aliphatic carbocycles. The first-order valence-electron chi connectivity index (χ1n) is 6.87. The summed E-state index contributed by atoms with van der Waals surface area (Å²) in [5.74, 6) is 0. The van der Waals surface area contributed by atoms with Crippen LogP contribution in [0, 0.1) is 0 Å². The van der Waals surface area contributed by atoms with Crippen LogP contribution in [0.5, 0.6) is 0 Å². The van der Waals surface area contributed by atoms with Crippen LogP contribution in [0.25, 0.3) is 0 Å². The van der Waals surface area contributed by atoms with Gasteiger partial charge in [-0.15, -0.1) is 0 Å². The van der Waals surface area contributed by atoms with Gasteiger partial charge in [0.15, 0.2) is 0 Å². The quantitative estimate of drug-likeness (QED) is 0.350. The first kappa shape index (κ1) is 22.0. The second kappa shape index (κ2) is 12.5. The fraction of sp³-hybridized carbons (Fsp3) is 1.00. The number of unbranched alkanes of at least 4 members (excludes halogenated alkanes) is 2. The van der Waals surface area contributed by atoms with Crippen LogP contribution in [0.3, 0.4) is 0 Å². The summed E-state index contributed by atoms with van der Waals surface area (Å²) in [5.41, 5.74) is 3.46. The number of quaternary nitrogens is 1. The number of likely N-dealkylation sites (N-methyl/N-ethyl adjacent to an activating group) is 1. The topological polar surface area (TPSA) is 84.9 Å². The third-order valence-corrected chi connectivity index (χ3v) is 3.79. The molecular formula is C12H31N2O5S+. The van der Waals surface area contributed by atoms with E-state index in [-0.39, 0.29) is 6.61 Å². The molecule has 0 heterocycles. The van der Waals surface area contributed by atoms with Crippen molar-refractivity contribution in [1.29, 1.82) is 0 Å². The molecule has 7 nitrogen and oxygen atoms in total. The maximum Gasteiger partial charge on any atom is 0.399 e. The summed E-state index contributed by atoms with van der Waals surface area (Å²) >= 11 is 0. The second-order valence-corrected chi connectivity index (χ2v) is 6.00. The number of hydrogen-bond acceptors (Lipinski definition) is 6. The van der Waals surface area contributed by atoms with Crippen LogP contribution < -0.4 is 5.43 Å². The second-order valence-electron chi connectivity index (χ2n) is 4.52. The van der Waals surface area contributed by atoms with Gasteiger partial charge in [0, 0.05) is 6.54 Å². The lowest BCUT2D eigenvalue weighted by Crippen LogP contribution is -2.56. The molecule has 20 heavy (non-hydrogen) atoms. The fourth-order valence-corrected chi connectivity index (χ4v) is 1.50. The molecule has 1 unspecified atom stereocenters. The van der Waals surface area contributed by atoms with Gasteiger partial charge in [0.25, 0.3) is 0 Å². The van der Waals surface area contributed by atoms with Crippen LogP contribution in [0.4, 0.5) is 0 Å². The molecule has 0 aromatic heterocycles. The van der Waals surface area contributed by atoms with Crippen LogP contribution in [-0.2, 0) is 18.8 Å². The number of aliphatic hydroxyl groups is 1. The molecule has 0 aliphatic rings. The van der Waals surface area contributed by atoms with Gasteiger partial charge in [-0.1, -0.05) is 19.8 Å². The molecule has 0 bridgehead atoms. The predicted octanol–water partition coefficient (Wildman–Crippen LogP) is 0.664. The van der Waals surface area contributed by atoms with E-state index in [1.807, 2.05) is 0 Å². The van der Waals surface area contributed by atoms with Crippen LogP contribution in [0.1, 0.15) is 33.1 Å². The summed E-state index contributed by atoms with van der Waals surface area (Å²) in [5, 5.41) is 8.88. The van der Waals surface area contributed by atoms with Crippen LogP contribution in [0.2, 0.25) is 0 Å². The van der Waals surface area contributed by atoms with Gasteiger partial charge in [-0.3, -0.25) is 8.37 Å². The molecular weight excluding hydrogens is 284 g/mol. The third kappa shape index (κ3) is 12.8. The molecule has 0 saturated heterocycles. The lowest BCUT2D eigenvalue weighted by Gasteiger charge is -2.32. The molecule has 124 valence electrons. The van der Waals surface area contributed by atoms with E-state index < -0.39 is 10.4 Å². The van der Waals surface area contributed by atoms with Crippen molar-refractivity contribution in [2.24, 2.45) is 0 Å². The van der Waals surface area contributed by atoms with Crippen molar-refractivity contribution >= 4 is 10.4 Å². The van der Waals surface area contributed by atoms with E-state index in [1.165, 1.54) is 19.3 Å². The highest BCUT2D eigenvalue weighted by Crippen LogP contribution is 1.97. The predicted molar refractivity (Wildman–Crippen MR) is 79.1 cm³/mol. The summed E-state index contributed by atoms with van der Waals surface area (Å²) in [6.07, 6.45) is 3.78. The van der Waals surface area contributed by atoms with E-state index in [4.69, 9.17) is 5.11 Å². The highest BCUT2D eigenvalue weighted by atomic mass is 32.3. The van der Waals surface area contributed by atoms with Gasteiger partial charge in [-0.25, -0.2) is 4.59 Å². The third-order valence-electron chi connectivity index (χ3n) is 2.97. The van der Waals surface area contributed by atoms with E-state index in [2.05, 4.69) is 34.7 Å². The minimum absolute atomic E-state index is 0.255. The number of rotatable bonds is 10. The Morgan fingerprint density at radius 3 is 2.00 bits per heavy atom. The molecule has 1 atom stereocenters. The van der Waals surface area contributed by atoms with Crippen molar-refractivity contribution in [3.8, 4) is 0 Å². The molecule has 0 aliphatic heterocycles. The SMILES string of the molecule is CCCCCN[N+](C)(CC)CCO.COS(=O)(=O)OC. The molecule has 0 radical (unpaired) electrons. The zero-order chi connectivity index (χ0) is 16.1. The van der Waals surface area contributed by atoms with E-state index in [0.29, 0.717) is 0 Å². The van der Waals surface area contributed by atoms with Gasteiger partial charge >= 0.3 is 10.4 Å². The van der Waals surface area contributed by atoms with Crippen molar-refractivity contribution in [3.63, 3.8) is 0 Å². The molecule has 0 aromatic carbocycles. The zero-order valence-corrected chi connectivity index (χ0v) is 14.2. The average Bonchev–Trinajstić information content (AvgIpc) is 2.45. The van der Waals surface area contributed by atoms with E-state index in [0.717, 1.165) is 38.4 Å². The Morgan fingerprint density at radius 2 is 1.70 bits per heavy atom. The maximum absolute atomic E-state index is 9.92. The van der Waals surface area contributed by atoms with E-state index >= 15 is 0 Å². The molecule has 8 heteroatoms. The van der Waals surface area contributed by atoms with Gasteiger partial charge in [-0.2, -0.15) is 13.8 Å². The van der Waals surface area contributed by atoms with Crippen molar-refractivity contribution in [3.05, 3.63) is 0 Å². The summed E-state index contributed by atoms with van der Waals surface area (Å²) < 4.78 is 28.3. The Labute approximate surface area is 123 Å². The average molecular weight is 315 g/mol. The molecule has 0 rings (SSSR count). The Hall–Kier alpha value is -0.250. The highest BCUT2D eigenvalue weighted by Gasteiger charge is 2.16.